The van der Waals surface area contributed by atoms with Gasteiger partial charge < -0.3 is 5.32 Å². The summed E-state index contributed by atoms with van der Waals surface area (Å²) in [5, 5.41) is 7.54. The van der Waals surface area contributed by atoms with Gasteiger partial charge in [0, 0.05) is 23.9 Å². The van der Waals surface area contributed by atoms with Crippen molar-refractivity contribution in [2.24, 2.45) is 0 Å². The highest BCUT2D eigenvalue weighted by Crippen LogP contribution is 2.25. The lowest BCUT2D eigenvalue weighted by molar-refractivity contribution is 0.534. The highest BCUT2D eigenvalue weighted by molar-refractivity contribution is 5.31. The van der Waals surface area contributed by atoms with Crippen LogP contribution in [0.25, 0.3) is 0 Å². The van der Waals surface area contributed by atoms with Crippen molar-refractivity contribution >= 4 is 0 Å². The Morgan fingerprint density at radius 1 is 1.24 bits per heavy atom. The zero-order valence-corrected chi connectivity index (χ0v) is 12.4. The van der Waals surface area contributed by atoms with Crippen molar-refractivity contribution in [3.05, 3.63) is 53.4 Å². The van der Waals surface area contributed by atoms with E-state index in [1.807, 2.05) is 17.8 Å². The highest BCUT2D eigenvalue weighted by Gasteiger charge is 2.19. The Kier molecular flexibility index (Phi) is 5.44. The molecule has 0 radical (unpaired) electrons. The summed E-state index contributed by atoms with van der Waals surface area (Å²) in [4.78, 5) is 0. The van der Waals surface area contributed by atoms with Gasteiger partial charge in [0.2, 0.25) is 0 Å². The van der Waals surface area contributed by atoms with E-state index in [9.17, 15) is 8.78 Å². The van der Waals surface area contributed by atoms with Crippen LogP contribution in [0.5, 0.6) is 0 Å². The van der Waals surface area contributed by atoms with Gasteiger partial charge in [0.05, 0.1) is 12.2 Å². The van der Waals surface area contributed by atoms with Crippen molar-refractivity contribution in [2.75, 3.05) is 6.54 Å². The summed E-state index contributed by atoms with van der Waals surface area (Å²) < 4.78 is 29.3. The van der Waals surface area contributed by atoms with Gasteiger partial charge in [0.1, 0.15) is 11.6 Å². The van der Waals surface area contributed by atoms with Crippen LogP contribution in [-0.4, -0.2) is 16.3 Å². The van der Waals surface area contributed by atoms with Gasteiger partial charge in [0.15, 0.2) is 0 Å². The Balaban J connectivity index is 2.34. The number of aryl methyl sites for hydroxylation is 1. The Hall–Kier alpha value is -1.75. The molecule has 21 heavy (non-hydrogen) atoms. The second-order valence-electron chi connectivity index (χ2n) is 5.09. The molecule has 0 saturated carbocycles. The van der Waals surface area contributed by atoms with Gasteiger partial charge in [-0.15, -0.1) is 0 Å². The van der Waals surface area contributed by atoms with E-state index in [1.165, 1.54) is 12.1 Å². The fourth-order valence-electron chi connectivity index (χ4n) is 2.31. The maximum Gasteiger partial charge on any atom is 0.128 e. The monoisotopic (exact) mass is 293 g/mol. The summed E-state index contributed by atoms with van der Waals surface area (Å²) in [5.74, 6) is -0.844. The molecule has 2 rings (SSSR count). The standard InChI is InChI=1S/C16H21F2N3/c1-3-7-19-16(12-10-20-21(11-12)8-4-2)14-9-13(17)5-6-15(14)18/h5-6,9-11,16,19H,3-4,7-8H2,1-2H3. The molecule has 5 heteroatoms. The minimum Gasteiger partial charge on any atom is -0.306 e. The Labute approximate surface area is 124 Å². The number of hydrogen-bond acceptors (Lipinski definition) is 2. The summed E-state index contributed by atoms with van der Waals surface area (Å²) in [5.41, 5.74) is 1.17. The largest absolute Gasteiger partial charge is 0.306 e. The second-order valence-corrected chi connectivity index (χ2v) is 5.09. The zero-order chi connectivity index (χ0) is 15.2. The van der Waals surface area contributed by atoms with E-state index in [0.717, 1.165) is 37.6 Å². The number of benzene rings is 1. The topological polar surface area (TPSA) is 29.9 Å². The molecule has 0 saturated heterocycles. The van der Waals surface area contributed by atoms with Crippen molar-refractivity contribution < 1.29 is 8.78 Å². The maximum atomic E-state index is 14.1. The quantitative estimate of drug-likeness (QED) is 0.844. The summed E-state index contributed by atoms with van der Waals surface area (Å²) >= 11 is 0. The Morgan fingerprint density at radius 3 is 2.76 bits per heavy atom. The second kappa shape index (κ2) is 7.31. The number of nitrogens with zero attached hydrogens (tertiary/aromatic N) is 2. The highest BCUT2D eigenvalue weighted by atomic mass is 19.1. The van der Waals surface area contributed by atoms with Crippen LogP contribution in [-0.2, 0) is 6.54 Å². The van der Waals surface area contributed by atoms with E-state index >= 15 is 0 Å². The van der Waals surface area contributed by atoms with Gasteiger partial charge in [-0.1, -0.05) is 13.8 Å². The van der Waals surface area contributed by atoms with Crippen LogP contribution < -0.4 is 5.32 Å². The third kappa shape index (κ3) is 3.88. The molecule has 3 nitrogen and oxygen atoms in total. The van der Waals surface area contributed by atoms with Crippen molar-refractivity contribution in [3.8, 4) is 0 Å². The summed E-state index contributed by atoms with van der Waals surface area (Å²) in [7, 11) is 0. The zero-order valence-electron chi connectivity index (χ0n) is 12.4. The van der Waals surface area contributed by atoms with Crippen LogP contribution in [0.2, 0.25) is 0 Å². The summed E-state index contributed by atoms with van der Waals surface area (Å²) in [6.45, 7) is 5.64. The van der Waals surface area contributed by atoms with E-state index < -0.39 is 11.6 Å². The molecule has 1 atom stereocenters. The van der Waals surface area contributed by atoms with Gasteiger partial charge in [0.25, 0.3) is 0 Å². The number of halogens is 2. The minimum absolute atomic E-state index is 0.319. The lowest BCUT2D eigenvalue weighted by Gasteiger charge is -2.18. The molecule has 114 valence electrons. The molecular formula is C16H21F2N3. The molecule has 0 bridgehead atoms. The lowest BCUT2D eigenvalue weighted by atomic mass is 10.0. The molecule has 0 aliphatic heterocycles. The molecule has 0 aliphatic carbocycles. The van der Waals surface area contributed by atoms with Crippen LogP contribution in [0.4, 0.5) is 8.78 Å². The van der Waals surface area contributed by atoms with Gasteiger partial charge in [-0.2, -0.15) is 5.10 Å². The Bertz CT molecular complexity index is 581. The van der Waals surface area contributed by atoms with E-state index in [-0.39, 0.29) is 6.04 Å². The SMILES string of the molecule is CCCNC(c1cnn(CCC)c1)c1cc(F)ccc1F. The molecule has 0 amide bonds. The van der Waals surface area contributed by atoms with Gasteiger partial charge >= 0.3 is 0 Å². The van der Waals surface area contributed by atoms with Crippen molar-refractivity contribution in [1.82, 2.24) is 15.1 Å². The van der Waals surface area contributed by atoms with Gasteiger partial charge in [-0.25, -0.2) is 8.78 Å². The minimum atomic E-state index is -0.435. The van der Waals surface area contributed by atoms with Crippen LogP contribution in [0.1, 0.15) is 43.9 Å². The first-order valence-corrected chi connectivity index (χ1v) is 7.36. The molecule has 0 spiro atoms. The number of aromatic nitrogens is 2. The summed E-state index contributed by atoms with van der Waals surface area (Å²) in [6, 6.07) is 3.17. The van der Waals surface area contributed by atoms with Gasteiger partial charge in [-0.3, -0.25) is 4.68 Å². The van der Waals surface area contributed by atoms with E-state index in [2.05, 4.69) is 17.3 Å². The fraction of sp³-hybridized carbons (Fsp3) is 0.438. The van der Waals surface area contributed by atoms with E-state index in [4.69, 9.17) is 0 Å². The first-order chi connectivity index (χ1) is 10.2. The maximum absolute atomic E-state index is 14.1. The summed E-state index contributed by atoms with van der Waals surface area (Å²) in [6.07, 6.45) is 5.49. The fourth-order valence-corrected chi connectivity index (χ4v) is 2.31. The molecule has 0 fully saturated rings. The number of nitrogens with one attached hydrogen (secondary N) is 1. The molecule has 1 aromatic heterocycles. The Morgan fingerprint density at radius 2 is 2.05 bits per heavy atom. The molecule has 0 aliphatic rings. The molecule has 1 heterocycles. The lowest BCUT2D eigenvalue weighted by Crippen LogP contribution is -2.24. The predicted molar refractivity (Wildman–Crippen MR) is 79.0 cm³/mol. The molecule has 1 N–H and O–H groups in total. The molecule has 1 unspecified atom stereocenters. The van der Waals surface area contributed by atoms with Crippen molar-refractivity contribution in [1.29, 1.82) is 0 Å². The molecule has 2 aromatic rings. The third-order valence-corrected chi connectivity index (χ3v) is 3.31. The molecular weight excluding hydrogens is 272 g/mol. The molecule has 1 aromatic carbocycles. The normalized spacial score (nSPS) is 12.6. The van der Waals surface area contributed by atoms with Crippen LogP contribution in [0.3, 0.4) is 0 Å². The van der Waals surface area contributed by atoms with Crippen LogP contribution in [0.15, 0.2) is 30.6 Å². The van der Waals surface area contributed by atoms with Crippen molar-refractivity contribution in [3.63, 3.8) is 0 Å². The van der Waals surface area contributed by atoms with Crippen molar-refractivity contribution in [2.45, 2.75) is 39.3 Å². The predicted octanol–water partition coefficient (Wildman–Crippen LogP) is 3.66. The van der Waals surface area contributed by atoms with Gasteiger partial charge in [-0.05, 0) is 37.6 Å². The third-order valence-electron chi connectivity index (χ3n) is 3.31. The van der Waals surface area contributed by atoms with E-state index in [0.29, 0.717) is 5.56 Å². The smallest absolute Gasteiger partial charge is 0.128 e. The number of rotatable bonds is 7. The average Bonchev–Trinajstić information content (AvgIpc) is 2.92. The average molecular weight is 293 g/mol. The number of hydrogen-bond donors (Lipinski definition) is 1. The first-order valence-electron chi connectivity index (χ1n) is 7.36. The van der Waals surface area contributed by atoms with Crippen LogP contribution in [0, 0.1) is 11.6 Å². The first kappa shape index (κ1) is 15.6. The van der Waals surface area contributed by atoms with Crippen LogP contribution >= 0.6 is 0 Å². The van der Waals surface area contributed by atoms with E-state index in [1.54, 1.807) is 6.20 Å².